The van der Waals surface area contributed by atoms with Gasteiger partial charge < -0.3 is 14.8 Å². The molecule has 0 saturated heterocycles. The van der Waals surface area contributed by atoms with Crippen LogP contribution in [0.5, 0.6) is 11.5 Å². The van der Waals surface area contributed by atoms with Crippen molar-refractivity contribution >= 4 is 35.3 Å². The monoisotopic (exact) mass is 465 g/mol. The minimum absolute atomic E-state index is 0.171. The summed E-state index contributed by atoms with van der Waals surface area (Å²) >= 11 is 6.02. The number of carbonyl (C=O) groups is 2. The molecule has 0 fully saturated rings. The van der Waals surface area contributed by atoms with Crippen LogP contribution < -0.4 is 20.2 Å². The molecule has 0 aliphatic carbocycles. The van der Waals surface area contributed by atoms with Crippen LogP contribution in [0.1, 0.15) is 28.4 Å². The van der Waals surface area contributed by atoms with Gasteiger partial charge in [0.05, 0.1) is 23.4 Å². The Balaban J connectivity index is 1.62. The van der Waals surface area contributed by atoms with E-state index in [0.29, 0.717) is 34.3 Å². The Morgan fingerprint density at radius 3 is 2.52 bits per heavy atom. The van der Waals surface area contributed by atoms with Crippen LogP contribution in [0.3, 0.4) is 0 Å². The van der Waals surface area contributed by atoms with Gasteiger partial charge in [0.25, 0.3) is 11.8 Å². The van der Waals surface area contributed by atoms with Gasteiger partial charge in [0.1, 0.15) is 0 Å². The number of halogens is 1. The first-order valence-electron chi connectivity index (χ1n) is 10.3. The molecule has 0 bridgehead atoms. The number of hydrogen-bond donors (Lipinski definition) is 2. The second-order valence-electron chi connectivity index (χ2n) is 6.97. The topological polar surface area (TPSA) is 89.0 Å². The van der Waals surface area contributed by atoms with Crippen LogP contribution >= 0.6 is 11.6 Å². The van der Waals surface area contributed by atoms with Crippen molar-refractivity contribution in [1.29, 1.82) is 0 Å². The number of benzene rings is 3. The van der Waals surface area contributed by atoms with Crippen LogP contribution in [0.15, 0.2) is 71.8 Å². The fourth-order valence-corrected chi connectivity index (χ4v) is 3.13. The van der Waals surface area contributed by atoms with Gasteiger partial charge in [-0.25, -0.2) is 5.43 Å². The van der Waals surface area contributed by atoms with E-state index in [0.717, 1.165) is 11.3 Å². The number of hydrazone groups is 1. The Labute approximate surface area is 197 Å². The zero-order valence-corrected chi connectivity index (χ0v) is 19.1. The zero-order chi connectivity index (χ0) is 23.6. The van der Waals surface area contributed by atoms with E-state index in [4.69, 9.17) is 21.1 Å². The van der Waals surface area contributed by atoms with Gasteiger partial charge in [0.2, 0.25) is 0 Å². The van der Waals surface area contributed by atoms with Gasteiger partial charge in [-0.15, -0.1) is 0 Å². The van der Waals surface area contributed by atoms with Crippen LogP contribution in [-0.2, 0) is 4.79 Å². The van der Waals surface area contributed by atoms with Crippen molar-refractivity contribution in [2.24, 2.45) is 5.10 Å². The van der Waals surface area contributed by atoms with E-state index in [1.54, 1.807) is 42.5 Å². The number of anilines is 1. The number of rotatable bonds is 9. The summed E-state index contributed by atoms with van der Waals surface area (Å²) in [7, 11) is 0. The molecular formula is C25H24ClN3O4. The number of nitrogens with zero attached hydrogens (tertiary/aromatic N) is 1. The van der Waals surface area contributed by atoms with Crippen molar-refractivity contribution < 1.29 is 19.1 Å². The molecule has 33 heavy (non-hydrogen) atoms. The molecular weight excluding hydrogens is 442 g/mol. The number of nitrogens with one attached hydrogen (secondary N) is 2. The number of amides is 2. The first-order chi connectivity index (χ1) is 16.0. The number of ether oxygens (including phenoxy) is 2. The number of carbonyl (C=O) groups excluding carboxylic acids is 2. The second-order valence-corrected chi connectivity index (χ2v) is 7.38. The Bertz CT molecular complexity index is 1160. The lowest BCUT2D eigenvalue weighted by atomic mass is 10.2. The van der Waals surface area contributed by atoms with Crippen LogP contribution in [-0.4, -0.2) is 31.2 Å². The van der Waals surface area contributed by atoms with E-state index in [-0.39, 0.29) is 12.5 Å². The minimum Gasteiger partial charge on any atom is -0.490 e. The summed E-state index contributed by atoms with van der Waals surface area (Å²) in [5.74, 6) is 0.192. The molecule has 0 unspecified atom stereocenters. The summed E-state index contributed by atoms with van der Waals surface area (Å²) in [6.07, 6.45) is 1.48. The van der Waals surface area contributed by atoms with Crippen molar-refractivity contribution in [3.8, 4) is 11.5 Å². The van der Waals surface area contributed by atoms with Crippen molar-refractivity contribution in [2.45, 2.75) is 13.8 Å². The highest BCUT2D eigenvalue weighted by atomic mass is 35.5. The normalized spacial score (nSPS) is 10.6. The molecule has 0 atom stereocenters. The molecule has 3 aromatic rings. The molecule has 170 valence electrons. The van der Waals surface area contributed by atoms with Crippen LogP contribution in [0.4, 0.5) is 5.69 Å². The molecule has 0 aliphatic heterocycles. The SMILES string of the molecule is CCOc1cc(/C=N\NC(=O)c2ccccc2Cl)ccc1OCC(=O)Nc1ccccc1C. The molecule has 7 nitrogen and oxygen atoms in total. The van der Waals surface area contributed by atoms with E-state index in [9.17, 15) is 9.59 Å². The minimum atomic E-state index is -0.415. The Morgan fingerprint density at radius 1 is 1.00 bits per heavy atom. The Kier molecular flexibility index (Phi) is 8.43. The number of hydrogen-bond acceptors (Lipinski definition) is 5. The van der Waals surface area contributed by atoms with E-state index in [1.807, 2.05) is 38.1 Å². The molecule has 0 aliphatic rings. The maximum Gasteiger partial charge on any atom is 0.272 e. The van der Waals surface area contributed by atoms with Crippen molar-refractivity contribution in [3.63, 3.8) is 0 Å². The quantitative estimate of drug-likeness (QED) is 0.350. The summed E-state index contributed by atoms with van der Waals surface area (Å²) in [6, 6.07) is 19.4. The van der Waals surface area contributed by atoms with Crippen molar-refractivity contribution in [1.82, 2.24) is 5.43 Å². The van der Waals surface area contributed by atoms with E-state index in [1.165, 1.54) is 6.21 Å². The molecule has 0 radical (unpaired) electrons. The van der Waals surface area contributed by atoms with Crippen LogP contribution in [0, 0.1) is 6.92 Å². The standard InChI is InChI=1S/C25H24ClN3O4/c1-3-32-23-14-18(15-27-29-25(31)19-9-5-6-10-20(19)26)12-13-22(23)33-16-24(30)28-21-11-7-4-8-17(21)2/h4-15H,3,16H2,1-2H3,(H,28,30)(H,29,31)/b27-15-. The average molecular weight is 466 g/mol. The average Bonchev–Trinajstić information content (AvgIpc) is 2.80. The molecule has 3 aromatic carbocycles. The van der Waals surface area contributed by atoms with E-state index in [2.05, 4.69) is 15.8 Å². The second kappa shape index (κ2) is 11.7. The summed E-state index contributed by atoms with van der Waals surface area (Å²) in [5, 5.41) is 7.14. The van der Waals surface area contributed by atoms with Crippen molar-refractivity contribution in [2.75, 3.05) is 18.5 Å². The molecule has 8 heteroatoms. The third-order valence-electron chi connectivity index (χ3n) is 4.54. The van der Waals surface area contributed by atoms with E-state index >= 15 is 0 Å². The van der Waals surface area contributed by atoms with Crippen molar-refractivity contribution in [3.05, 3.63) is 88.4 Å². The smallest absolute Gasteiger partial charge is 0.272 e. The van der Waals surface area contributed by atoms with Gasteiger partial charge in [0, 0.05) is 5.69 Å². The van der Waals surface area contributed by atoms with Gasteiger partial charge in [-0.3, -0.25) is 9.59 Å². The lowest BCUT2D eigenvalue weighted by Crippen LogP contribution is -2.20. The van der Waals surface area contributed by atoms with E-state index < -0.39 is 5.91 Å². The fraction of sp³-hybridized carbons (Fsp3) is 0.160. The third kappa shape index (κ3) is 6.82. The highest BCUT2D eigenvalue weighted by Gasteiger charge is 2.11. The van der Waals surface area contributed by atoms with Gasteiger partial charge >= 0.3 is 0 Å². The number of para-hydroxylation sites is 1. The predicted octanol–water partition coefficient (Wildman–Crippen LogP) is 4.83. The third-order valence-corrected chi connectivity index (χ3v) is 4.87. The highest BCUT2D eigenvalue weighted by Crippen LogP contribution is 2.28. The largest absolute Gasteiger partial charge is 0.490 e. The molecule has 3 rings (SSSR count). The fourth-order valence-electron chi connectivity index (χ4n) is 2.91. The first-order valence-corrected chi connectivity index (χ1v) is 10.7. The Hall–Kier alpha value is -3.84. The van der Waals surface area contributed by atoms with Gasteiger partial charge in [-0.2, -0.15) is 5.10 Å². The predicted molar refractivity (Wildman–Crippen MR) is 129 cm³/mol. The summed E-state index contributed by atoms with van der Waals surface area (Å²) < 4.78 is 11.3. The van der Waals surface area contributed by atoms with Crippen LogP contribution in [0.25, 0.3) is 0 Å². The molecule has 0 aromatic heterocycles. The molecule has 0 heterocycles. The Morgan fingerprint density at radius 2 is 1.76 bits per heavy atom. The summed E-state index contributed by atoms with van der Waals surface area (Å²) in [4.78, 5) is 24.5. The van der Waals surface area contributed by atoms with Gasteiger partial charge in [-0.05, 0) is 61.4 Å². The molecule has 0 spiro atoms. The number of aryl methyl sites for hydroxylation is 1. The van der Waals surface area contributed by atoms with Gasteiger partial charge in [0.15, 0.2) is 18.1 Å². The zero-order valence-electron chi connectivity index (χ0n) is 18.3. The highest BCUT2D eigenvalue weighted by molar-refractivity contribution is 6.33. The molecule has 2 amide bonds. The van der Waals surface area contributed by atoms with Crippen LogP contribution in [0.2, 0.25) is 5.02 Å². The first kappa shape index (κ1) is 23.8. The lowest BCUT2D eigenvalue weighted by molar-refractivity contribution is -0.118. The molecule has 0 saturated carbocycles. The maximum atomic E-state index is 12.3. The summed E-state index contributed by atoms with van der Waals surface area (Å²) in [5.41, 5.74) is 5.15. The van der Waals surface area contributed by atoms with Gasteiger partial charge in [-0.1, -0.05) is 41.9 Å². The molecule has 2 N–H and O–H groups in total. The lowest BCUT2D eigenvalue weighted by Gasteiger charge is -2.13. The summed E-state index contributed by atoms with van der Waals surface area (Å²) in [6.45, 7) is 4.01. The maximum absolute atomic E-state index is 12.3.